The van der Waals surface area contributed by atoms with Crippen LogP contribution < -0.4 is 5.32 Å². The highest BCUT2D eigenvalue weighted by atomic mass is 15.3. The molecule has 0 spiro atoms. The Hall–Kier alpha value is -0.990. The zero-order valence-corrected chi connectivity index (χ0v) is 10.2. The van der Waals surface area contributed by atoms with Crippen molar-refractivity contribution >= 4 is 5.69 Å². The van der Waals surface area contributed by atoms with Crippen molar-refractivity contribution in [1.82, 2.24) is 9.78 Å². The molecule has 1 unspecified atom stereocenters. The van der Waals surface area contributed by atoms with Crippen LogP contribution in [-0.2, 0) is 6.54 Å². The molecule has 0 saturated heterocycles. The van der Waals surface area contributed by atoms with Gasteiger partial charge < -0.3 is 5.32 Å². The van der Waals surface area contributed by atoms with Crippen molar-refractivity contribution in [3.05, 3.63) is 12.4 Å². The van der Waals surface area contributed by atoms with Crippen LogP contribution in [0, 0.1) is 0 Å². The summed E-state index contributed by atoms with van der Waals surface area (Å²) in [5, 5.41) is 7.71. The van der Waals surface area contributed by atoms with Crippen LogP contribution in [0.3, 0.4) is 0 Å². The van der Waals surface area contributed by atoms with E-state index in [-0.39, 0.29) is 0 Å². The fourth-order valence-corrected chi connectivity index (χ4v) is 1.67. The molecule has 0 saturated carbocycles. The van der Waals surface area contributed by atoms with E-state index in [9.17, 15) is 0 Å². The smallest absolute Gasteiger partial charge is 0.0728 e. The summed E-state index contributed by atoms with van der Waals surface area (Å²) >= 11 is 0. The van der Waals surface area contributed by atoms with Gasteiger partial charge in [0.2, 0.25) is 0 Å². The number of hydrogen-bond acceptors (Lipinski definition) is 2. The van der Waals surface area contributed by atoms with Crippen LogP contribution in [0.2, 0.25) is 0 Å². The van der Waals surface area contributed by atoms with E-state index >= 15 is 0 Å². The van der Waals surface area contributed by atoms with E-state index in [0.717, 1.165) is 12.2 Å². The summed E-state index contributed by atoms with van der Waals surface area (Å²) in [4.78, 5) is 0. The number of hydrogen-bond donors (Lipinski definition) is 1. The van der Waals surface area contributed by atoms with E-state index < -0.39 is 0 Å². The quantitative estimate of drug-likeness (QED) is 0.698. The molecular weight excluding hydrogens is 186 g/mol. The molecule has 0 aromatic carbocycles. The number of rotatable bonds is 7. The second-order valence-corrected chi connectivity index (χ2v) is 4.13. The summed E-state index contributed by atoms with van der Waals surface area (Å²) in [6.45, 7) is 7.51. The Bertz CT molecular complexity index is 268. The first-order chi connectivity index (χ1) is 7.26. The molecule has 3 heteroatoms. The lowest BCUT2D eigenvalue weighted by atomic mass is 10.1. The lowest BCUT2D eigenvalue weighted by Gasteiger charge is -2.12. The molecule has 15 heavy (non-hydrogen) atoms. The second kappa shape index (κ2) is 6.49. The molecule has 0 amide bonds. The number of unbranched alkanes of at least 4 members (excludes halogenated alkanes) is 2. The molecule has 3 nitrogen and oxygen atoms in total. The molecule has 0 bridgehead atoms. The standard InChI is InChI=1S/C12H23N3/c1-4-6-7-8-11(3)14-12-9-13-15(5-2)10-12/h9-11,14H,4-8H2,1-3H3. The van der Waals surface area contributed by atoms with E-state index in [4.69, 9.17) is 0 Å². The van der Waals surface area contributed by atoms with Gasteiger partial charge in [-0.25, -0.2) is 0 Å². The summed E-state index contributed by atoms with van der Waals surface area (Å²) in [6, 6.07) is 0.547. The van der Waals surface area contributed by atoms with Crippen LogP contribution in [0.15, 0.2) is 12.4 Å². The number of anilines is 1. The molecule has 1 rings (SSSR count). The van der Waals surface area contributed by atoms with Crippen molar-refractivity contribution in [3.8, 4) is 0 Å². The van der Waals surface area contributed by atoms with E-state index in [1.54, 1.807) is 0 Å². The molecule has 0 aliphatic carbocycles. The SMILES string of the molecule is CCCCCC(C)Nc1cnn(CC)c1. The number of nitrogens with zero attached hydrogens (tertiary/aromatic N) is 2. The molecule has 0 aliphatic rings. The van der Waals surface area contributed by atoms with Gasteiger partial charge in [0.05, 0.1) is 11.9 Å². The maximum absolute atomic E-state index is 4.24. The first-order valence-corrected chi connectivity index (χ1v) is 6.05. The Balaban J connectivity index is 2.27. The van der Waals surface area contributed by atoms with Crippen molar-refractivity contribution in [2.75, 3.05) is 5.32 Å². The van der Waals surface area contributed by atoms with E-state index in [1.807, 2.05) is 10.9 Å². The van der Waals surface area contributed by atoms with Crippen LogP contribution in [0.1, 0.15) is 46.5 Å². The lowest BCUT2D eigenvalue weighted by Crippen LogP contribution is -2.14. The minimum Gasteiger partial charge on any atom is -0.380 e. The number of aryl methyl sites for hydroxylation is 1. The van der Waals surface area contributed by atoms with Crippen LogP contribution in [0.5, 0.6) is 0 Å². The third-order valence-electron chi connectivity index (χ3n) is 2.61. The first kappa shape index (κ1) is 12.1. The van der Waals surface area contributed by atoms with E-state index in [1.165, 1.54) is 25.7 Å². The average Bonchev–Trinajstić information content (AvgIpc) is 2.66. The molecule has 0 fully saturated rings. The maximum Gasteiger partial charge on any atom is 0.0728 e. The highest BCUT2D eigenvalue weighted by Crippen LogP contribution is 2.10. The summed E-state index contributed by atoms with van der Waals surface area (Å²) < 4.78 is 1.95. The highest BCUT2D eigenvalue weighted by molar-refractivity contribution is 5.38. The van der Waals surface area contributed by atoms with Gasteiger partial charge in [-0.05, 0) is 20.3 Å². The van der Waals surface area contributed by atoms with Crippen molar-refractivity contribution in [2.24, 2.45) is 0 Å². The summed E-state index contributed by atoms with van der Waals surface area (Å²) in [7, 11) is 0. The molecule has 86 valence electrons. The van der Waals surface area contributed by atoms with Gasteiger partial charge in [0.25, 0.3) is 0 Å². The summed E-state index contributed by atoms with van der Waals surface area (Å²) in [6.07, 6.45) is 9.15. The van der Waals surface area contributed by atoms with Gasteiger partial charge in [0.15, 0.2) is 0 Å². The van der Waals surface area contributed by atoms with Crippen LogP contribution in [0.4, 0.5) is 5.69 Å². The van der Waals surface area contributed by atoms with Crippen LogP contribution in [0.25, 0.3) is 0 Å². The number of nitrogens with one attached hydrogen (secondary N) is 1. The maximum atomic E-state index is 4.24. The Labute approximate surface area is 92.9 Å². The van der Waals surface area contributed by atoms with E-state index in [0.29, 0.717) is 6.04 Å². The van der Waals surface area contributed by atoms with Gasteiger partial charge >= 0.3 is 0 Å². The molecule has 0 aliphatic heterocycles. The van der Waals surface area contributed by atoms with Gasteiger partial charge in [-0.15, -0.1) is 0 Å². The zero-order chi connectivity index (χ0) is 11.1. The Morgan fingerprint density at radius 3 is 2.80 bits per heavy atom. The van der Waals surface area contributed by atoms with Crippen molar-refractivity contribution in [3.63, 3.8) is 0 Å². The molecular formula is C12H23N3. The summed E-state index contributed by atoms with van der Waals surface area (Å²) in [5.74, 6) is 0. The second-order valence-electron chi connectivity index (χ2n) is 4.13. The minimum absolute atomic E-state index is 0.547. The monoisotopic (exact) mass is 209 g/mol. The molecule has 1 aromatic rings. The molecule has 1 atom stereocenters. The Morgan fingerprint density at radius 2 is 2.20 bits per heavy atom. The Morgan fingerprint density at radius 1 is 1.40 bits per heavy atom. The van der Waals surface area contributed by atoms with E-state index in [2.05, 4.69) is 37.4 Å². The zero-order valence-electron chi connectivity index (χ0n) is 10.2. The third-order valence-corrected chi connectivity index (χ3v) is 2.61. The van der Waals surface area contributed by atoms with Crippen LogP contribution >= 0.6 is 0 Å². The molecule has 1 N–H and O–H groups in total. The molecule has 1 aromatic heterocycles. The average molecular weight is 209 g/mol. The Kier molecular flexibility index (Phi) is 5.22. The van der Waals surface area contributed by atoms with Gasteiger partial charge in [-0.2, -0.15) is 5.10 Å². The van der Waals surface area contributed by atoms with Crippen molar-refractivity contribution < 1.29 is 0 Å². The lowest BCUT2D eigenvalue weighted by molar-refractivity contribution is 0.615. The van der Waals surface area contributed by atoms with Gasteiger partial charge in [-0.3, -0.25) is 4.68 Å². The third kappa shape index (κ3) is 4.36. The fourth-order valence-electron chi connectivity index (χ4n) is 1.67. The summed E-state index contributed by atoms with van der Waals surface area (Å²) in [5.41, 5.74) is 1.14. The van der Waals surface area contributed by atoms with Gasteiger partial charge in [0.1, 0.15) is 0 Å². The molecule has 0 radical (unpaired) electrons. The van der Waals surface area contributed by atoms with Crippen LogP contribution in [-0.4, -0.2) is 15.8 Å². The normalized spacial score (nSPS) is 12.7. The molecule has 1 heterocycles. The first-order valence-electron chi connectivity index (χ1n) is 6.05. The number of aromatic nitrogens is 2. The largest absolute Gasteiger partial charge is 0.380 e. The van der Waals surface area contributed by atoms with Crippen molar-refractivity contribution in [2.45, 2.75) is 59.0 Å². The highest BCUT2D eigenvalue weighted by Gasteiger charge is 2.03. The minimum atomic E-state index is 0.547. The predicted octanol–water partition coefficient (Wildman–Crippen LogP) is 3.28. The van der Waals surface area contributed by atoms with Gasteiger partial charge in [0, 0.05) is 18.8 Å². The van der Waals surface area contributed by atoms with Gasteiger partial charge in [-0.1, -0.05) is 26.2 Å². The topological polar surface area (TPSA) is 29.9 Å². The predicted molar refractivity (Wildman–Crippen MR) is 65.1 cm³/mol. The van der Waals surface area contributed by atoms with Crippen molar-refractivity contribution in [1.29, 1.82) is 0 Å². The fraction of sp³-hybridized carbons (Fsp3) is 0.750.